The molecule has 1 nitrogen and oxygen atoms in total. The third-order valence-corrected chi connectivity index (χ3v) is 2.65. The van der Waals surface area contributed by atoms with Gasteiger partial charge in [0, 0.05) is 12.1 Å². The van der Waals surface area contributed by atoms with Crippen molar-refractivity contribution in [2.24, 2.45) is 11.8 Å². The molecule has 0 bridgehead atoms. The van der Waals surface area contributed by atoms with Gasteiger partial charge in [-0.15, -0.1) is 0 Å². The molecule has 0 aromatic heterocycles. The van der Waals surface area contributed by atoms with Crippen LogP contribution in [0.5, 0.6) is 0 Å². The molecule has 52 valence electrons. The molecule has 0 aliphatic heterocycles. The molecule has 0 amide bonds. The monoisotopic (exact) mass is 125 g/mol. The standard InChI is InChI=1S/C8H15N/c1-5-3-7(5)9-8-4-6(8)2/h5-9H,3-4H2,1-2H3. The van der Waals surface area contributed by atoms with Gasteiger partial charge in [0.25, 0.3) is 0 Å². The van der Waals surface area contributed by atoms with Crippen LogP contribution in [0.15, 0.2) is 0 Å². The van der Waals surface area contributed by atoms with Gasteiger partial charge >= 0.3 is 0 Å². The Balaban J connectivity index is 1.69. The Labute approximate surface area is 56.8 Å². The van der Waals surface area contributed by atoms with E-state index in [0.29, 0.717) is 0 Å². The van der Waals surface area contributed by atoms with Crippen LogP contribution < -0.4 is 5.32 Å². The molecule has 4 unspecified atom stereocenters. The highest BCUT2D eigenvalue weighted by atomic mass is 15.0. The van der Waals surface area contributed by atoms with Crippen molar-refractivity contribution in [3.05, 3.63) is 0 Å². The largest absolute Gasteiger partial charge is 0.311 e. The normalized spacial score (nSPS) is 55.3. The van der Waals surface area contributed by atoms with E-state index in [-0.39, 0.29) is 0 Å². The molecule has 0 radical (unpaired) electrons. The highest BCUT2D eigenvalue weighted by molar-refractivity contribution is 4.98. The van der Waals surface area contributed by atoms with E-state index in [1.165, 1.54) is 12.8 Å². The lowest BCUT2D eigenvalue weighted by Crippen LogP contribution is -2.21. The van der Waals surface area contributed by atoms with Crippen LogP contribution in [-0.4, -0.2) is 12.1 Å². The van der Waals surface area contributed by atoms with Crippen LogP contribution in [0.25, 0.3) is 0 Å². The Kier molecular flexibility index (Phi) is 1.10. The van der Waals surface area contributed by atoms with Gasteiger partial charge in [0.15, 0.2) is 0 Å². The predicted octanol–water partition coefficient (Wildman–Crippen LogP) is 1.39. The predicted molar refractivity (Wildman–Crippen MR) is 38.3 cm³/mol. The smallest absolute Gasteiger partial charge is 0.00990 e. The molecule has 2 aliphatic rings. The molecule has 0 saturated heterocycles. The van der Waals surface area contributed by atoms with Crippen LogP contribution in [0.2, 0.25) is 0 Å². The van der Waals surface area contributed by atoms with Gasteiger partial charge in [-0.3, -0.25) is 0 Å². The zero-order chi connectivity index (χ0) is 6.43. The highest BCUT2D eigenvalue weighted by Crippen LogP contribution is 2.36. The second-order valence-corrected chi connectivity index (χ2v) is 3.81. The minimum Gasteiger partial charge on any atom is -0.311 e. The van der Waals surface area contributed by atoms with Gasteiger partial charge in [-0.2, -0.15) is 0 Å². The molecule has 2 aliphatic carbocycles. The summed E-state index contributed by atoms with van der Waals surface area (Å²) < 4.78 is 0. The van der Waals surface area contributed by atoms with Gasteiger partial charge in [-0.25, -0.2) is 0 Å². The molecule has 0 spiro atoms. The summed E-state index contributed by atoms with van der Waals surface area (Å²) in [7, 11) is 0. The first-order chi connectivity index (χ1) is 4.27. The summed E-state index contributed by atoms with van der Waals surface area (Å²) in [4.78, 5) is 0. The molecule has 9 heavy (non-hydrogen) atoms. The van der Waals surface area contributed by atoms with Crippen LogP contribution in [0, 0.1) is 11.8 Å². The fraction of sp³-hybridized carbons (Fsp3) is 1.00. The summed E-state index contributed by atoms with van der Waals surface area (Å²) in [6, 6.07) is 1.78. The maximum atomic E-state index is 3.63. The Morgan fingerprint density at radius 1 is 1.00 bits per heavy atom. The SMILES string of the molecule is CC1CC1NC1CC1C. The third kappa shape index (κ3) is 1.11. The maximum Gasteiger partial charge on any atom is 0.00990 e. The molecule has 2 fully saturated rings. The van der Waals surface area contributed by atoms with Gasteiger partial charge in [0.2, 0.25) is 0 Å². The van der Waals surface area contributed by atoms with Gasteiger partial charge in [0.1, 0.15) is 0 Å². The van der Waals surface area contributed by atoms with Crippen LogP contribution in [0.3, 0.4) is 0 Å². The summed E-state index contributed by atoms with van der Waals surface area (Å²) >= 11 is 0. The lowest BCUT2D eigenvalue weighted by atomic mass is 10.4. The van der Waals surface area contributed by atoms with E-state index in [9.17, 15) is 0 Å². The minimum absolute atomic E-state index is 0.889. The molecule has 0 aromatic carbocycles. The maximum absolute atomic E-state index is 3.63. The summed E-state index contributed by atoms with van der Waals surface area (Å²) in [6.07, 6.45) is 2.84. The average molecular weight is 125 g/mol. The van der Waals surface area contributed by atoms with E-state index in [1.54, 1.807) is 0 Å². The number of rotatable bonds is 2. The fourth-order valence-electron chi connectivity index (χ4n) is 1.38. The van der Waals surface area contributed by atoms with Crippen molar-refractivity contribution in [3.8, 4) is 0 Å². The first kappa shape index (κ1) is 5.72. The number of hydrogen-bond acceptors (Lipinski definition) is 1. The third-order valence-electron chi connectivity index (χ3n) is 2.65. The van der Waals surface area contributed by atoms with Crippen molar-refractivity contribution in [1.29, 1.82) is 0 Å². The van der Waals surface area contributed by atoms with Crippen molar-refractivity contribution < 1.29 is 0 Å². The molecule has 0 heterocycles. The van der Waals surface area contributed by atoms with Crippen molar-refractivity contribution in [2.45, 2.75) is 38.8 Å². The molecular weight excluding hydrogens is 110 g/mol. The fourth-order valence-corrected chi connectivity index (χ4v) is 1.38. The first-order valence-electron chi connectivity index (χ1n) is 4.03. The Hall–Kier alpha value is -0.0400. The number of nitrogens with one attached hydrogen (secondary N) is 1. The average Bonchev–Trinajstić information content (AvgIpc) is 2.59. The van der Waals surface area contributed by atoms with Crippen LogP contribution in [-0.2, 0) is 0 Å². The summed E-state index contributed by atoms with van der Waals surface area (Å²) in [5.41, 5.74) is 0. The van der Waals surface area contributed by atoms with Gasteiger partial charge in [-0.1, -0.05) is 13.8 Å². The van der Waals surface area contributed by atoms with E-state index in [4.69, 9.17) is 0 Å². The Morgan fingerprint density at radius 3 is 1.56 bits per heavy atom. The highest BCUT2D eigenvalue weighted by Gasteiger charge is 2.40. The molecule has 1 heteroatoms. The Morgan fingerprint density at radius 2 is 1.33 bits per heavy atom. The molecule has 1 N–H and O–H groups in total. The molecule has 4 atom stereocenters. The minimum atomic E-state index is 0.889. The summed E-state index contributed by atoms with van der Waals surface area (Å²) in [6.45, 7) is 4.65. The van der Waals surface area contributed by atoms with E-state index in [0.717, 1.165) is 23.9 Å². The molecule has 2 rings (SSSR count). The second-order valence-electron chi connectivity index (χ2n) is 3.81. The van der Waals surface area contributed by atoms with Gasteiger partial charge in [-0.05, 0) is 24.7 Å². The summed E-state index contributed by atoms with van der Waals surface area (Å²) in [5, 5.41) is 3.63. The van der Waals surface area contributed by atoms with E-state index >= 15 is 0 Å². The lowest BCUT2D eigenvalue weighted by Gasteiger charge is -1.97. The van der Waals surface area contributed by atoms with Crippen molar-refractivity contribution in [1.82, 2.24) is 5.32 Å². The van der Waals surface area contributed by atoms with E-state index in [1.807, 2.05) is 0 Å². The van der Waals surface area contributed by atoms with Crippen molar-refractivity contribution in [3.63, 3.8) is 0 Å². The number of hydrogen-bond donors (Lipinski definition) is 1. The summed E-state index contributed by atoms with van der Waals surface area (Å²) in [5.74, 6) is 1.94. The van der Waals surface area contributed by atoms with Crippen LogP contribution >= 0.6 is 0 Å². The zero-order valence-corrected chi connectivity index (χ0v) is 6.22. The van der Waals surface area contributed by atoms with E-state index in [2.05, 4.69) is 19.2 Å². The van der Waals surface area contributed by atoms with Gasteiger partial charge < -0.3 is 5.32 Å². The Bertz CT molecular complexity index is 108. The van der Waals surface area contributed by atoms with Crippen LogP contribution in [0.4, 0.5) is 0 Å². The van der Waals surface area contributed by atoms with Gasteiger partial charge in [0.05, 0.1) is 0 Å². The van der Waals surface area contributed by atoms with Crippen molar-refractivity contribution in [2.75, 3.05) is 0 Å². The first-order valence-corrected chi connectivity index (χ1v) is 4.03. The van der Waals surface area contributed by atoms with E-state index < -0.39 is 0 Å². The molecular formula is C8H15N. The van der Waals surface area contributed by atoms with Crippen LogP contribution in [0.1, 0.15) is 26.7 Å². The lowest BCUT2D eigenvalue weighted by molar-refractivity contribution is 0.621. The quantitative estimate of drug-likeness (QED) is 0.588. The molecule has 2 saturated carbocycles. The molecule has 0 aromatic rings. The second kappa shape index (κ2) is 1.72. The zero-order valence-electron chi connectivity index (χ0n) is 6.22. The topological polar surface area (TPSA) is 12.0 Å². The van der Waals surface area contributed by atoms with Crippen molar-refractivity contribution >= 4 is 0 Å².